The van der Waals surface area contributed by atoms with Crippen molar-refractivity contribution in [3.8, 4) is 5.75 Å². The van der Waals surface area contributed by atoms with Crippen molar-refractivity contribution in [1.29, 1.82) is 0 Å². The lowest BCUT2D eigenvalue weighted by molar-refractivity contribution is 0.240. The van der Waals surface area contributed by atoms with E-state index < -0.39 is 0 Å². The summed E-state index contributed by atoms with van der Waals surface area (Å²) in [5, 5.41) is 0. The SMILES string of the molecule is O=C=Nc1cccc(OC2CSC2)c1. The molecule has 1 fully saturated rings. The lowest BCUT2D eigenvalue weighted by atomic mass is 10.3. The Morgan fingerprint density at radius 1 is 1.50 bits per heavy atom. The molecule has 0 aromatic heterocycles. The van der Waals surface area contributed by atoms with Crippen molar-refractivity contribution < 1.29 is 9.53 Å². The molecule has 0 N–H and O–H groups in total. The van der Waals surface area contributed by atoms with Gasteiger partial charge in [-0.25, -0.2) is 4.79 Å². The molecule has 0 saturated carbocycles. The molecule has 1 aliphatic heterocycles. The second-order valence-electron chi connectivity index (χ2n) is 2.98. The van der Waals surface area contributed by atoms with E-state index in [4.69, 9.17) is 4.74 Å². The highest BCUT2D eigenvalue weighted by atomic mass is 32.2. The molecule has 1 aromatic carbocycles. The molecule has 1 heterocycles. The molecular formula is C10H9NO2S. The second-order valence-corrected chi connectivity index (χ2v) is 4.05. The third-order valence-electron chi connectivity index (χ3n) is 1.90. The normalized spacial score (nSPS) is 15.4. The van der Waals surface area contributed by atoms with E-state index in [2.05, 4.69) is 4.99 Å². The van der Waals surface area contributed by atoms with Crippen LogP contribution in [0.5, 0.6) is 5.75 Å². The van der Waals surface area contributed by atoms with Gasteiger partial charge in [-0.1, -0.05) is 6.07 Å². The van der Waals surface area contributed by atoms with Crippen LogP contribution in [-0.2, 0) is 4.79 Å². The van der Waals surface area contributed by atoms with E-state index in [-0.39, 0.29) is 0 Å². The van der Waals surface area contributed by atoms with E-state index in [0.717, 1.165) is 17.3 Å². The van der Waals surface area contributed by atoms with Gasteiger partial charge in [0, 0.05) is 17.6 Å². The number of carbonyl (C=O) groups excluding carboxylic acids is 1. The van der Waals surface area contributed by atoms with Gasteiger partial charge in [0.25, 0.3) is 0 Å². The molecule has 0 bridgehead atoms. The lowest BCUT2D eigenvalue weighted by Gasteiger charge is -2.25. The summed E-state index contributed by atoms with van der Waals surface area (Å²) >= 11 is 1.87. The molecule has 1 saturated heterocycles. The van der Waals surface area contributed by atoms with Crippen molar-refractivity contribution in [1.82, 2.24) is 0 Å². The first-order valence-electron chi connectivity index (χ1n) is 4.31. The molecule has 2 rings (SSSR count). The maximum absolute atomic E-state index is 10.0. The molecule has 72 valence electrons. The van der Waals surface area contributed by atoms with Crippen molar-refractivity contribution in [2.75, 3.05) is 11.5 Å². The monoisotopic (exact) mass is 207 g/mol. The maximum atomic E-state index is 10.0. The molecule has 0 aliphatic carbocycles. The predicted octanol–water partition coefficient (Wildman–Crippen LogP) is 2.15. The van der Waals surface area contributed by atoms with Crippen LogP contribution in [0.15, 0.2) is 29.3 Å². The van der Waals surface area contributed by atoms with E-state index >= 15 is 0 Å². The number of benzene rings is 1. The number of hydrogen-bond donors (Lipinski definition) is 0. The average Bonchev–Trinajstić information content (AvgIpc) is 2.13. The van der Waals surface area contributed by atoms with Crippen molar-refractivity contribution in [2.45, 2.75) is 6.10 Å². The van der Waals surface area contributed by atoms with Gasteiger partial charge >= 0.3 is 0 Å². The van der Waals surface area contributed by atoms with Gasteiger partial charge in [-0.15, -0.1) is 0 Å². The van der Waals surface area contributed by atoms with Crippen LogP contribution in [0, 0.1) is 0 Å². The Morgan fingerprint density at radius 3 is 3.00 bits per heavy atom. The van der Waals surface area contributed by atoms with E-state index in [9.17, 15) is 4.79 Å². The third-order valence-corrected chi connectivity index (χ3v) is 3.12. The zero-order chi connectivity index (χ0) is 9.80. The van der Waals surface area contributed by atoms with Crippen LogP contribution in [0.3, 0.4) is 0 Å². The second kappa shape index (κ2) is 4.31. The minimum Gasteiger partial charge on any atom is -0.489 e. The van der Waals surface area contributed by atoms with Crippen LogP contribution in [-0.4, -0.2) is 23.7 Å². The smallest absolute Gasteiger partial charge is 0.240 e. The van der Waals surface area contributed by atoms with Crippen LogP contribution < -0.4 is 4.74 Å². The molecule has 1 aromatic rings. The van der Waals surface area contributed by atoms with Crippen molar-refractivity contribution in [3.05, 3.63) is 24.3 Å². The fraction of sp³-hybridized carbons (Fsp3) is 0.300. The number of ether oxygens (including phenoxy) is 1. The topological polar surface area (TPSA) is 38.7 Å². The predicted molar refractivity (Wildman–Crippen MR) is 56.0 cm³/mol. The summed E-state index contributed by atoms with van der Waals surface area (Å²) in [5.41, 5.74) is 0.587. The Bertz CT molecular complexity index is 370. The number of hydrogen-bond acceptors (Lipinski definition) is 4. The number of thioether (sulfide) groups is 1. The fourth-order valence-electron chi connectivity index (χ4n) is 1.15. The average molecular weight is 207 g/mol. The van der Waals surface area contributed by atoms with Crippen LogP contribution in [0.25, 0.3) is 0 Å². The van der Waals surface area contributed by atoms with Crippen LogP contribution in [0.4, 0.5) is 5.69 Å². The molecule has 0 unspecified atom stereocenters. The van der Waals surface area contributed by atoms with Crippen molar-refractivity contribution in [3.63, 3.8) is 0 Å². The zero-order valence-electron chi connectivity index (χ0n) is 7.47. The Labute approximate surface area is 86.2 Å². The van der Waals surface area contributed by atoms with Crippen LogP contribution >= 0.6 is 11.8 Å². The number of rotatable bonds is 3. The highest BCUT2D eigenvalue weighted by Crippen LogP contribution is 2.26. The number of aliphatic imine (C=N–C) groups is 1. The van der Waals surface area contributed by atoms with E-state index in [1.54, 1.807) is 12.1 Å². The molecule has 0 radical (unpaired) electrons. The first kappa shape index (κ1) is 9.31. The van der Waals surface area contributed by atoms with E-state index in [0.29, 0.717) is 11.8 Å². The molecular weight excluding hydrogens is 198 g/mol. The summed E-state index contributed by atoms with van der Waals surface area (Å²) in [6.45, 7) is 0. The Hall–Kier alpha value is -1.25. The van der Waals surface area contributed by atoms with Gasteiger partial charge in [0.15, 0.2) is 0 Å². The fourth-order valence-corrected chi connectivity index (χ4v) is 1.72. The van der Waals surface area contributed by atoms with Gasteiger partial charge in [0.2, 0.25) is 6.08 Å². The molecule has 3 nitrogen and oxygen atoms in total. The van der Waals surface area contributed by atoms with Gasteiger partial charge in [-0.2, -0.15) is 16.8 Å². The summed E-state index contributed by atoms with van der Waals surface area (Å²) in [5.74, 6) is 2.86. The van der Waals surface area contributed by atoms with Gasteiger partial charge in [-0.3, -0.25) is 0 Å². The first-order chi connectivity index (χ1) is 6.88. The summed E-state index contributed by atoms with van der Waals surface area (Å²) in [4.78, 5) is 13.6. The largest absolute Gasteiger partial charge is 0.489 e. The zero-order valence-corrected chi connectivity index (χ0v) is 8.29. The third kappa shape index (κ3) is 2.16. The van der Waals surface area contributed by atoms with Crippen molar-refractivity contribution in [2.24, 2.45) is 4.99 Å². The Balaban J connectivity index is 2.08. The van der Waals surface area contributed by atoms with Crippen molar-refractivity contribution >= 4 is 23.5 Å². The molecule has 14 heavy (non-hydrogen) atoms. The summed E-state index contributed by atoms with van der Waals surface area (Å²) in [7, 11) is 0. The number of isocyanates is 1. The molecule has 0 atom stereocenters. The quantitative estimate of drug-likeness (QED) is 0.563. The van der Waals surface area contributed by atoms with E-state index in [1.165, 1.54) is 6.08 Å². The summed E-state index contributed by atoms with van der Waals surface area (Å²) in [6.07, 6.45) is 1.82. The minimum absolute atomic E-state index is 0.315. The molecule has 1 aliphatic rings. The standard InChI is InChI=1S/C10H9NO2S/c12-7-11-8-2-1-3-9(4-8)13-10-5-14-6-10/h1-4,10H,5-6H2. The first-order valence-corrected chi connectivity index (χ1v) is 5.46. The highest BCUT2D eigenvalue weighted by molar-refractivity contribution is 8.00. The van der Waals surface area contributed by atoms with Crippen LogP contribution in [0.2, 0.25) is 0 Å². The molecule has 0 amide bonds. The number of nitrogens with zero attached hydrogens (tertiary/aromatic N) is 1. The van der Waals surface area contributed by atoms with Gasteiger partial charge < -0.3 is 4.74 Å². The van der Waals surface area contributed by atoms with Crippen LogP contribution in [0.1, 0.15) is 0 Å². The molecule has 0 spiro atoms. The lowest BCUT2D eigenvalue weighted by Crippen LogP contribution is -2.30. The Kier molecular flexibility index (Phi) is 2.87. The minimum atomic E-state index is 0.315. The highest BCUT2D eigenvalue weighted by Gasteiger charge is 2.19. The summed E-state index contributed by atoms with van der Waals surface area (Å²) in [6, 6.07) is 7.17. The van der Waals surface area contributed by atoms with E-state index in [1.807, 2.05) is 23.9 Å². The van der Waals surface area contributed by atoms with Gasteiger partial charge in [-0.05, 0) is 12.1 Å². The molecule has 4 heteroatoms. The Morgan fingerprint density at radius 2 is 2.36 bits per heavy atom. The van der Waals surface area contributed by atoms with Gasteiger partial charge in [0.05, 0.1) is 5.69 Å². The summed E-state index contributed by atoms with van der Waals surface area (Å²) < 4.78 is 5.63. The van der Waals surface area contributed by atoms with Gasteiger partial charge in [0.1, 0.15) is 11.9 Å². The maximum Gasteiger partial charge on any atom is 0.240 e.